The maximum atomic E-state index is 8.65. The third kappa shape index (κ3) is 1.34. The molecule has 0 spiro atoms. The van der Waals surface area contributed by atoms with Crippen molar-refractivity contribution < 1.29 is 4.42 Å². The highest BCUT2D eigenvalue weighted by Crippen LogP contribution is 2.24. The average Bonchev–Trinajstić information content (AvgIpc) is 2.59. The van der Waals surface area contributed by atoms with E-state index in [0.717, 1.165) is 21.9 Å². The van der Waals surface area contributed by atoms with Gasteiger partial charge in [0.1, 0.15) is 11.7 Å². The van der Waals surface area contributed by atoms with Crippen LogP contribution in [0.15, 0.2) is 28.7 Å². The lowest BCUT2D eigenvalue weighted by Gasteiger charge is -1.94. The molecule has 0 saturated carbocycles. The number of hydrogen-bond donors (Lipinski definition) is 0. The van der Waals surface area contributed by atoms with Crippen LogP contribution in [0.5, 0.6) is 0 Å². The Balaban J connectivity index is 2.76. The van der Waals surface area contributed by atoms with Crippen LogP contribution in [0.25, 0.3) is 11.0 Å². The molecule has 2 nitrogen and oxygen atoms in total. The van der Waals surface area contributed by atoms with E-state index in [1.54, 1.807) is 6.07 Å². The topological polar surface area (TPSA) is 36.9 Å². The van der Waals surface area contributed by atoms with Crippen LogP contribution in [0.1, 0.15) is 11.3 Å². The minimum Gasteiger partial charge on any atom is -0.445 e. The molecule has 1 aromatic carbocycles. The van der Waals surface area contributed by atoms with Gasteiger partial charge in [-0.25, -0.2) is 0 Å². The van der Waals surface area contributed by atoms with Crippen molar-refractivity contribution in [2.45, 2.75) is 5.33 Å². The molecule has 3 heteroatoms. The smallest absolute Gasteiger partial charge is 0.204 e. The van der Waals surface area contributed by atoms with Gasteiger partial charge in [0.05, 0.1) is 0 Å². The van der Waals surface area contributed by atoms with Crippen LogP contribution in [0.4, 0.5) is 0 Å². The molecule has 0 aliphatic carbocycles. The highest BCUT2D eigenvalue weighted by atomic mass is 79.9. The Morgan fingerprint density at radius 2 is 2.31 bits per heavy atom. The Kier molecular flexibility index (Phi) is 2.07. The van der Waals surface area contributed by atoms with E-state index >= 15 is 0 Å². The van der Waals surface area contributed by atoms with Gasteiger partial charge in [-0.15, -0.1) is 0 Å². The summed E-state index contributed by atoms with van der Waals surface area (Å²) in [6, 6.07) is 9.60. The molecule has 0 atom stereocenters. The van der Waals surface area contributed by atoms with Crippen LogP contribution < -0.4 is 0 Å². The molecule has 2 aromatic rings. The first-order valence-electron chi connectivity index (χ1n) is 3.82. The second-order valence-corrected chi connectivity index (χ2v) is 3.25. The van der Waals surface area contributed by atoms with E-state index in [9.17, 15) is 0 Å². The highest BCUT2D eigenvalue weighted by Gasteiger charge is 2.05. The van der Waals surface area contributed by atoms with Crippen LogP contribution in [0.3, 0.4) is 0 Å². The van der Waals surface area contributed by atoms with E-state index in [4.69, 9.17) is 9.68 Å². The van der Waals surface area contributed by atoms with Gasteiger partial charge in [0.25, 0.3) is 0 Å². The van der Waals surface area contributed by atoms with E-state index in [-0.39, 0.29) is 0 Å². The molecule has 64 valence electrons. The zero-order valence-corrected chi connectivity index (χ0v) is 8.34. The summed E-state index contributed by atoms with van der Waals surface area (Å²) in [5, 5.41) is 10.4. The summed E-state index contributed by atoms with van der Waals surface area (Å²) in [4.78, 5) is 0. The molecule has 0 aliphatic heterocycles. The van der Waals surface area contributed by atoms with Crippen molar-refractivity contribution in [3.8, 4) is 6.07 Å². The van der Waals surface area contributed by atoms with Crippen molar-refractivity contribution in [1.82, 2.24) is 0 Å². The van der Waals surface area contributed by atoms with Gasteiger partial charge in [0.2, 0.25) is 5.76 Å². The number of fused-ring (bicyclic) bond motifs is 1. The number of benzene rings is 1. The molecular formula is C10H6BrNO. The van der Waals surface area contributed by atoms with Gasteiger partial charge >= 0.3 is 0 Å². The summed E-state index contributed by atoms with van der Waals surface area (Å²) in [7, 11) is 0. The van der Waals surface area contributed by atoms with Crippen LogP contribution in [-0.2, 0) is 5.33 Å². The maximum absolute atomic E-state index is 8.65. The predicted molar refractivity (Wildman–Crippen MR) is 53.6 cm³/mol. The van der Waals surface area contributed by atoms with Crippen molar-refractivity contribution >= 4 is 26.9 Å². The zero-order valence-electron chi connectivity index (χ0n) is 6.75. The number of hydrogen-bond acceptors (Lipinski definition) is 2. The Hall–Kier alpha value is -1.27. The zero-order chi connectivity index (χ0) is 9.26. The molecule has 0 aliphatic rings. The summed E-state index contributed by atoms with van der Waals surface area (Å²) < 4.78 is 5.35. The lowest BCUT2D eigenvalue weighted by Crippen LogP contribution is -1.75. The standard InChI is InChI=1S/C10H6BrNO/c11-5-8-3-1-2-7-4-9(6-12)13-10(7)8/h1-4H,5H2. The van der Waals surface area contributed by atoms with Gasteiger partial charge in [0, 0.05) is 22.3 Å². The fourth-order valence-corrected chi connectivity index (χ4v) is 1.73. The molecular weight excluding hydrogens is 230 g/mol. The maximum Gasteiger partial charge on any atom is 0.204 e. The molecule has 0 amide bonds. The molecule has 0 N–H and O–H groups in total. The van der Waals surface area contributed by atoms with Crippen molar-refractivity contribution in [3.05, 3.63) is 35.6 Å². The first-order chi connectivity index (χ1) is 6.35. The molecule has 0 saturated heterocycles. The molecule has 0 radical (unpaired) electrons. The number of nitrogens with zero attached hydrogens (tertiary/aromatic N) is 1. The van der Waals surface area contributed by atoms with Crippen molar-refractivity contribution in [1.29, 1.82) is 5.26 Å². The molecule has 1 aromatic heterocycles. The molecule has 13 heavy (non-hydrogen) atoms. The van der Waals surface area contributed by atoms with Crippen LogP contribution in [0.2, 0.25) is 0 Å². The van der Waals surface area contributed by atoms with Gasteiger partial charge in [-0.2, -0.15) is 5.26 Å². The van der Waals surface area contributed by atoms with Crippen molar-refractivity contribution in [2.24, 2.45) is 0 Å². The SMILES string of the molecule is N#Cc1cc2cccc(CBr)c2o1. The van der Waals surface area contributed by atoms with E-state index in [1.807, 2.05) is 24.3 Å². The highest BCUT2D eigenvalue weighted by molar-refractivity contribution is 9.08. The van der Waals surface area contributed by atoms with E-state index in [0.29, 0.717) is 5.76 Å². The second-order valence-electron chi connectivity index (χ2n) is 2.69. The Labute approximate surface area is 83.9 Å². The summed E-state index contributed by atoms with van der Waals surface area (Å²) in [6.07, 6.45) is 0. The summed E-state index contributed by atoms with van der Waals surface area (Å²) >= 11 is 3.37. The van der Waals surface area contributed by atoms with Crippen LogP contribution >= 0.6 is 15.9 Å². The van der Waals surface area contributed by atoms with Gasteiger partial charge in [-0.3, -0.25) is 0 Å². The molecule has 0 bridgehead atoms. The van der Waals surface area contributed by atoms with Crippen LogP contribution in [0, 0.1) is 11.3 Å². The molecule has 1 heterocycles. The van der Waals surface area contributed by atoms with E-state index in [2.05, 4.69) is 15.9 Å². The van der Waals surface area contributed by atoms with Gasteiger partial charge in [0.15, 0.2) is 0 Å². The second kappa shape index (κ2) is 3.23. The minimum absolute atomic E-state index is 0.364. The third-order valence-corrected chi connectivity index (χ3v) is 2.48. The molecule has 2 rings (SSSR count). The lowest BCUT2D eigenvalue weighted by atomic mass is 10.2. The molecule has 0 fully saturated rings. The predicted octanol–water partition coefficient (Wildman–Crippen LogP) is 3.20. The number of halogens is 1. The number of alkyl halides is 1. The normalized spacial score (nSPS) is 10.2. The van der Waals surface area contributed by atoms with Gasteiger partial charge in [-0.05, 0) is 0 Å². The lowest BCUT2D eigenvalue weighted by molar-refractivity contribution is 0.597. The number of para-hydroxylation sites is 1. The first-order valence-corrected chi connectivity index (χ1v) is 4.95. The van der Waals surface area contributed by atoms with Crippen molar-refractivity contribution in [3.63, 3.8) is 0 Å². The quantitative estimate of drug-likeness (QED) is 0.713. The Morgan fingerprint density at radius 1 is 1.46 bits per heavy atom. The summed E-state index contributed by atoms with van der Waals surface area (Å²) in [5.41, 5.74) is 1.87. The monoisotopic (exact) mass is 235 g/mol. The third-order valence-electron chi connectivity index (χ3n) is 1.88. The average molecular weight is 236 g/mol. The molecule has 0 unspecified atom stereocenters. The van der Waals surface area contributed by atoms with E-state index < -0.39 is 0 Å². The summed E-state index contributed by atoms with van der Waals surface area (Å²) in [5.74, 6) is 0.364. The number of furan rings is 1. The first kappa shape index (κ1) is 8.33. The summed E-state index contributed by atoms with van der Waals surface area (Å²) in [6.45, 7) is 0. The Morgan fingerprint density at radius 3 is 3.00 bits per heavy atom. The van der Waals surface area contributed by atoms with Gasteiger partial charge < -0.3 is 4.42 Å². The van der Waals surface area contributed by atoms with Crippen molar-refractivity contribution in [2.75, 3.05) is 0 Å². The largest absolute Gasteiger partial charge is 0.445 e. The number of rotatable bonds is 1. The number of nitriles is 1. The minimum atomic E-state index is 0.364. The Bertz CT molecular complexity index is 481. The fraction of sp³-hybridized carbons (Fsp3) is 0.100. The van der Waals surface area contributed by atoms with E-state index in [1.165, 1.54) is 0 Å². The fourth-order valence-electron chi connectivity index (χ4n) is 1.28. The van der Waals surface area contributed by atoms with Crippen LogP contribution in [-0.4, -0.2) is 0 Å². The van der Waals surface area contributed by atoms with Gasteiger partial charge in [-0.1, -0.05) is 34.1 Å².